The van der Waals surface area contributed by atoms with E-state index in [1.54, 1.807) is 0 Å². The number of aliphatic hydroxyl groups is 1. The van der Waals surface area contributed by atoms with Gasteiger partial charge >= 0.3 is 6.03 Å². The molecule has 0 aliphatic heterocycles. The maximum atomic E-state index is 11.9. The SMILES string of the molecule is CCC(C)(CCO)NC(=O)Nc1nnc(CC(C)C)s1. The second kappa shape index (κ2) is 7.54. The highest BCUT2D eigenvalue weighted by atomic mass is 32.1. The van der Waals surface area contributed by atoms with Gasteiger partial charge in [-0.15, -0.1) is 10.2 Å². The Morgan fingerprint density at radius 1 is 1.45 bits per heavy atom. The van der Waals surface area contributed by atoms with Crippen LogP contribution in [0.25, 0.3) is 0 Å². The van der Waals surface area contributed by atoms with Crippen LogP contribution in [0, 0.1) is 5.92 Å². The number of aromatic nitrogens is 2. The van der Waals surface area contributed by atoms with E-state index < -0.39 is 5.54 Å². The molecule has 0 saturated carbocycles. The van der Waals surface area contributed by atoms with Crippen LogP contribution in [0.3, 0.4) is 0 Å². The van der Waals surface area contributed by atoms with Gasteiger partial charge in [0.1, 0.15) is 5.01 Å². The number of nitrogens with zero attached hydrogens (tertiary/aromatic N) is 2. The van der Waals surface area contributed by atoms with E-state index in [-0.39, 0.29) is 12.6 Å². The minimum atomic E-state index is -0.412. The molecule has 114 valence electrons. The van der Waals surface area contributed by atoms with Gasteiger partial charge in [-0.05, 0) is 25.7 Å². The molecule has 0 aromatic carbocycles. The Kier molecular flexibility index (Phi) is 6.35. The summed E-state index contributed by atoms with van der Waals surface area (Å²) in [7, 11) is 0. The van der Waals surface area contributed by atoms with Gasteiger partial charge in [-0.2, -0.15) is 0 Å². The Balaban J connectivity index is 2.55. The summed E-state index contributed by atoms with van der Waals surface area (Å²) in [4.78, 5) is 11.9. The van der Waals surface area contributed by atoms with E-state index in [0.29, 0.717) is 17.5 Å². The third-order valence-corrected chi connectivity index (χ3v) is 3.99. The number of amides is 2. The van der Waals surface area contributed by atoms with Crippen molar-refractivity contribution < 1.29 is 9.90 Å². The number of aliphatic hydroxyl groups excluding tert-OH is 1. The molecule has 1 unspecified atom stereocenters. The van der Waals surface area contributed by atoms with E-state index >= 15 is 0 Å². The van der Waals surface area contributed by atoms with Crippen molar-refractivity contribution in [1.82, 2.24) is 15.5 Å². The highest BCUT2D eigenvalue weighted by molar-refractivity contribution is 7.15. The lowest BCUT2D eigenvalue weighted by molar-refractivity contribution is 0.208. The molecule has 0 fully saturated rings. The molecule has 1 aromatic rings. The average molecular weight is 300 g/mol. The largest absolute Gasteiger partial charge is 0.396 e. The molecule has 0 aliphatic carbocycles. The van der Waals surface area contributed by atoms with Crippen molar-refractivity contribution in [3.63, 3.8) is 0 Å². The van der Waals surface area contributed by atoms with Gasteiger partial charge in [0.15, 0.2) is 0 Å². The maximum Gasteiger partial charge on any atom is 0.321 e. The van der Waals surface area contributed by atoms with Crippen molar-refractivity contribution in [2.45, 2.75) is 52.5 Å². The lowest BCUT2D eigenvalue weighted by Gasteiger charge is -2.28. The summed E-state index contributed by atoms with van der Waals surface area (Å²) in [5.74, 6) is 0.512. The number of carbonyl (C=O) groups excluding carboxylic acids is 1. The molecule has 1 aromatic heterocycles. The van der Waals surface area contributed by atoms with E-state index in [1.807, 2.05) is 13.8 Å². The number of hydrogen-bond donors (Lipinski definition) is 3. The quantitative estimate of drug-likeness (QED) is 0.721. The average Bonchev–Trinajstić information content (AvgIpc) is 2.75. The molecule has 0 radical (unpaired) electrons. The first kappa shape index (κ1) is 16.8. The minimum Gasteiger partial charge on any atom is -0.396 e. The smallest absolute Gasteiger partial charge is 0.321 e. The van der Waals surface area contributed by atoms with Crippen LogP contribution in [-0.2, 0) is 6.42 Å². The number of anilines is 1. The van der Waals surface area contributed by atoms with Gasteiger partial charge in [0.25, 0.3) is 0 Å². The topological polar surface area (TPSA) is 87.1 Å². The first-order valence-electron chi connectivity index (χ1n) is 6.91. The van der Waals surface area contributed by atoms with Crippen LogP contribution in [0.4, 0.5) is 9.93 Å². The number of nitrogens with one attached hydrogen (secondary N) is 2. The van der Waals surface area contributed by atoms with E-state index in [2.05, 4.69) is 34.7 Å². The van der Waals surface area contributed by atoms with E-state index in [1.165, 1.54) is 11.3 Å². The maximum absolute atomic E-state index is 11.9. The lowest BCUT2D eigenvalue weighted by atomic mass is 9.95. The van der Waals surface area contributed by atoms with Gasteiger partial charge in [-0.3, -0.25) is 5.32 Å². The van der Waals surface area contributed by atoms with Crippen LogP contribution in [-0.4, -0.2) is 33.5 Å². The fourth-order valence-electron chi connectivity index (χ4n) is 1.71. The Morgan fingerprint density at radius 3 is 2.70 bits per heavy atom. The molecule has 0 bridgehead atoms. The normalized spacial score (nSPS) is 14.1. The molecular formula is C13H24N4O2S. The molecule has 1 heterocycles. The van der Waals surface area contributed by atoms with Crippen LogP contribution >= 0.6 is 11.3 Å². The van der Waals surface area contributed by atoms with Crippen LogP contribution in [0.2, 0.25) is 0 Å². The molecule has 1 atom stereocenters. The zero-order valence-electron chi connectivity index (χ0n) is 12.6. The summed E-state index contributed by atoms with van der Waals surface area (Å²) < 4.78 is 0. The van der Waals surface area contributed by atoms with Crippen molar-refractivity contribution in [3.8, 4) is 0 Å². The van der Waals surface area contributed by atoms with Gasteiger partial charge in [0, 0.05) is 18.6 Å². The third kappa shape index (κ3) is 5.42. The van der Waals surface area contributed by atoms with Gasteiger partial charge in [-0.25, -0.2) is 4.79 Å². The Bertz CT molecular complexity index is 436. The Labute approximate surface area is 124 Å². The van der Waals surface area contributed by atoms with Crippen molar-refractivity contribution >= 4 is 22.5 Å². The molecule has 0 aliphatic rings. The molecule has 7 heteroatoms. The van der Waals surface area contributed by atoms with E-state index in [0.717, 1.165) is 17.8 Å². The Morgan fingerprint density at radius 2 is 2.15 bits per heavy atom. The molecule has 1 rings (SSSR count). The van der Waals surface area contributed by atoms with E-state index in [4.69, 9.17) is 5.11 Å². The van der Waals surface area contributed by atoms with Crippen LogP contribution in [0.15, 0.2) is 0 Å². The third-order valence-electron chi connectivity index (χ3n) is 3.13. The molecule has 6 nitrogen and oxygen atoms in total. The number of urea groups is 1. The Hall–Kier alpha value is -1.21. The monoisotopic (exact) mass is 300 g/mol. The van der Waals surface area contributed by atoms with Crippen LogP contribution in [0.1, 0.15) is 45.5 Å². The molecule has 0 spiro atoms. The summed E-state index contributed by atoms with van der Waals surface area (Å²) in [5, 5.41) is 24.0. The van der Waals surface area contributed by atoms with Crippen molar-refractivity contribution in [3.05, 3.63) is 5.01 Å². The highest BCUT2D eigenvalue weighted by Gasteiger charge is 2.24. The molecule has 3 N–H and O–H groups in total. The fraction of sp³-hybridized carbons (Fsp3) is 0.769. The summed E-state index contributed by atoms with van der Waals surface area (Å²) in [6.07, 6.45) is 2.12. The zero-order chi connectivity index (χ0) is 15.2. The summed E-state index contributed by atoms with van der Waals surface area (Å²) in [5.41, 5.74) is -0.412. The zero-order valence-corrected chi connectivity index (χ0v) is 13.4. The van der Waals surface area contributed by atoms with Gasteiger partial charge in [0.05, 0.1) is 0 Å². The second-order valence-corrected chi connectivity index (χ2v) is 6.63. The molecular weight excluding hydrogens is 276 g/mol. The number of carbonyl (C=O) groups is 1. The number of hydrogen-bond acceptors (Lipinski definition) is 5. The molecule has 0 saturated heterocycles. The molecule has 20 heavy (non-hydrogen) atoms. The molecule has 2 amide bonds. The summed E-state index contributed by atoms with van der Waals surface area (Å²) in [6, 6.07) is -0.310. The predicted octanol–water partition coefficient (Wildman–Crippen LogP) is 2.41. The first-order valence-corrected chi connectivity index (χ1v) is 7.72. The summed E-state index contributed by atoms with van der Waals surface area (Å²) in [6.45, 7) is 8.16. The van der Waals surface area contributed by atoms with Crippen LogP contribution in [0.5, 0.6) is 0 Å². The van der Waals surface area contributed by atoms with Crippen molar-refractivity contribution in [2.75, 3.05) is 11.9 Å². The van der Waals surface area contributed by atoms with Gasteiger partial charge in [-0.1, -0.05) is 32.1 Å². The van der Waals surface area contributed by atoms with Gasteiger partial charge < -0.3 is 10.4 Å². The van der Waals surface area contributed by atoms with Crippen molar-refractivity contribution in [2.24, 2.45) is 5.92 Å². The minimum absolute atomic E-state index is 0.0436. The second-order valence-electron chi connectivity index (χ2n) is 5.57. The lowest BCUT2D eigenvalue weighted by Crippen LogP contribution is -2.48. The van der Waals surface area contributed by atoms with Gasteiger partial charge in [0.2, 0.25) is 5.13 Å². The van der Waals surface area contributed by atoms with E-state index in [9.17, 15) is 4.79 Å². The fourth-order valence-corrected chi connectivity index (χ4v) is 2.66. The van der Waals surface area contributed by atoms with Crippen LogP contribution < -0.4 is 10.6 Å². The summed E-state index contributed by atoms with van der Waals surface area (Å²) >= 11 is 1.39. The predicted molar refractivity (Wildman–Crippen MR) is 81.0 cm³/mol. The highest BCUT2D eigenvalue weighted by Crippen LogP contribution is 2.19. The first-order chi connectivity index (χ1) is 9.38. The standard InChI is InChI=1S/C13H24N4O2S/c1-5-13(4,6-7-18)15-11(19)14-12-17-16-10(20-12)8-9(2)3/h9,18H,5-8H2,1-4H3,(H2,14,15,17,19). The number of rotatable bonds is 7. The van der Waals surface area contributed by atoms with Crippen molar-refractivity contribution in [1.29, 1.82) is 0 Å².